The molecule has 0 spiro atoms. The Kier molecular flexibility index (Phi) is 6.46. The zero-order chi connectivity index (χ0) is 14.4. The van der Waals surface area contributed by atoms with Gasteiger partial charge in [-0.1, -0.05) is 19.9 Å². The van der Waals surface area contributed by atoms with Crippen LogP contribution in [0.4, 0.5) is 0 Å². The van der Waals surface area contributed by atoms with E-state index < -0.39 is 10.0 Å². The fourth-order valence-electron chi connectivity index (χ4n) is 2.04. The third kappa shape index (κ3) is 6.03. The van der Waals surface area contributed by atoms with Crippen LogP contribution in [0.5, 0.6) is 0 Å². The molecule has 0 unspecified atom stereocenters. The number of rotatable bonds is 9. The minimum Gasteiger partial charge on any atom is -0.380 e. The molecule has 0 aliphatic rings. The first-order valence-corrected chi connectivity index (χ1v) is 9.11. The average Bonchev–Trinajstić information content (AvgIpc) is 2.84. The Bertz CT molecular complexity index is 450. The lowest BCUT2D eigenvalue weighted by atomic mass is 9.85. The summed E-state index contributed by atoms with van der Waals surface area (Å²) in [6, 6.07) is 4.09. The van der Waals surface area contributed by atoms with E-state index in [1.165, 1.54) is 4.88 Å². The summed E-state index contributed by atoms with van der Waals surface area (Å²) >= 11 is 1.71. The minimum atomic E-state index is -3.46. The summed E-state index contributed by atoms with van der Waals surface area (Å²) < 4.78 is 28.3. The van der Waals surface area contributed by atoms with Gasteiger partial charge in [0.05, 0.1) is 19.0 Å². The van der Waals surface area contributed by atoms with Gasteiger partial charge in [0.2, 0.25) is 10.0 Å². The second kappa shape index (κ2) is 7.38. The number of sulfonamides is 1. The van der Waals surface area contributed by atoms with Gasteiger partial charge in [0.1, 0.15) is 0 Å². The highest BCUT2D eigenvalue weighted by Crippen LogP contribution is 2.28. The van der Waals surface area contributed by atoms with Crippen molar-refractivity contribution in [2.45, 2.75) is 33.1 Å². The molecule has 110 valence electrons. The lowest BCUT2D eigenvalue weighted by molar-refractivity contribution is 0.0520. The zero-order valence-corrected chi connectivity index (χ0v) is 13.2. The van der Waals surface area contributed by atoms with Gasteiger partial charge in [-0.3, -0.25) is 0 Å². The minimum absolute atomic E-state index is 0.00793. The van der Waals surface area contributed by atoms with Gasteiger partial charge in [-0.05, 0) is 24.3 Å². The molecule has 0 bridgehead atoms. The third-order valence-corrected chi connectivity index (χ3v) is 5.44. The molecule has 0 radical (unpaired) electrons. The molecule has 0 atom stereocenters. The van der Waals surface area contributed by atoms with Crippen molar-refractivity contribution in [2.24, 2.45) is 10.6 Å². The van der Waals surface area contributed by atoms with Crippen molar-refractivity contribution in [3.63, 3.8) is 0 Å². The Balaban J connectivity index is 2.45. The van der Waals surface area contributed by atoms with Gasteiger partial charge in [-0.15, -0.1) is 11.3 Å². The molecule has 1 rings (SSSR count). The first-order valence-electron chi connectivity index (χ1n) is 6.51. The monoisotopic (exact) mass is 305 g/mol. The number of thiophene rings is 1. The molecule has 0 aliphatic carbocycles. The molecule has 2 N–H and O–H groups in total. The van der Waals surface area contributed by atoms with Crippen LogP contribution in [0.3, 0.4) is 0 Å². The van der Waals surface area contributed by atoms with Gasteiger partial charge in [-0.2, -0.15) is 0 Å². The summed E-state index contributed by atoms with van der Waals surface area (Å²) in [6.45, 7) is 5.03. The first kappa shape index (κ1) is 16.6. The Labute approximate surface area is 120 Å². The van der Waals surface area contributed by atoms with E-state index in [2.05, 4.69) is 6.07 Å². The van der Waals surface area contributed by atoms with E-state index in [9.17, 15) is 8.42 Å². The molecule has 0 amide bonds. The van der Waals surface area contributed by atoms with Crippen LogP contribution < -0.4 is 5.14 Å². The molecule has 6 heteroatoms. The SMILES string of the molecule is CCC(CC)(COCCc1cccs1)CS(N)(=O)=O. The molecule has 4 nitrogen and oxygen atoms in total. The van der Waals surface area contributed by atoms with Crippen molar-refractivity contribution >= 4 is 21.4 Å². The zero-order valence-electron chi connectivity index (χ0n) is 11.6. The number of nitrogens with two attached hydrogens (primary N) is 1. The molecular weight excluding hydrogens is 282 g/mol. The first-order chi connectivity index (χ1) is 8.91. The largest absolute Gasteiger partial charge is 0.380 e. The molecule has 1 aromatic heterocycles. The summed E-state index contributed by atoms with van der Waals surface area (Å²) in [5.74, 6) is -0.00793. The number of hydrogen-bond donors (Lipinski definition) is 1. The highest BCUT2D eigenvalue weighted by Gasteiger charge is 2.31. The molecule has 19 heavy (non-hydrogen) atoms. The Morgan fingerprint density at radius 3 is 2.53 bits per heavy atom. The van der Waals surface area contributed by atoms with E-state index in [-0.39, 0.29) is 11.2 Å². The molecule has 0 saturated carbocycles. The van der Waals surface area contributed by atoms with Crippen LogP contribution in [0.25, 0.3) is 0 Å². The highest BCUT2D eigenvalue weighted by molar-refractivity contribution is 7.89. The number of hydrogen-bond acceptors (Lipinski definition) is 4. The summed E-state index contributed by atoms with van der Waals surface area (Å²) in [4.78, 5) is 1.28. The standard InChI is InChI=1S/C13H23NO3S2/c1-3-13(4-2,11-19(14,15)16)10-17-8-7-12-6-5-9-18-12/h5-6,9H,3-4,7-8,10-11H2,1-2H3,(H2,14,15,16). The summed E-state index contributed by atoms with van der Waals surface area (Å²) in [7, 11) is -3.46. The summed E-state index contributed by atoms with van der Waals surface area (Å²) in [5, 5.41) is 7.21. The molecule has 0 fully saturated rings. The van der Waals surface area contributed by atoms with Crippen molar-refractivity contribution in [1.82, 2.24) is 0 Å². The van der Waals surface area contributed by atoms with Crippen LogP contribution in [-0.2, 0) is 21.2 Å². The lowest BCUT2D eigenvalue weighted by Gasteiger charge is -2.30. The van der Waals surface area contributed by atoms with Gasteiger partial charge in [0, 0.05) is 16.7 Å². The van der Waals surface area contributed by atoms with E-state index in [0.29, 0.717) is 13.2 Å². The van der Waals surface area contributed by atoms with E-state index in [4.69, 9.17) is 9.88 Å². The topological polar surface area (TPSA) is 69.4 Å². The molecule has 1 aromatic rings. The van der Waals surface area contributed by atoms with Crippen molar-refractivity contribution in [3.8, 4) is 0 Å². The molecule has 0 aliphatic heterocycles. The van der Waals surface area contributed by atoms with Crippen LogP contribution >= 0.6 is 11.3 Å². The maximum absolute atomic E-state index is 11.3. The third-order valence-electron chi connectivity index (χ3n) is 3.49. The van der Waals surface area contributed by atoms with E-state index in [0.717, 1.165) is 19.3 Å². The van der Waals surface area contributed by atoms with Gasteiger partial charge >= 0.3 is 0 Å². The lowest BCUT2D eigenvalue weighted by Crippen LogP contribution is -2.37. The number of ether oxygens (including phenoxy) is 1. The summed E-state index contributed by atoms with van der Waals surface area (Å²) in [5.41, 5.74) is -0.358. The fourth-order valence-corrected chi connectivity index (χ4v) is 4.08. The predicted octanol–water partition coefficient (Wildman–Crippen LogP) is 2.40. The maximum atomic E-state index is 11.3. The van der Waals surface area contributed by atoms with E-state index in [1.807, 2.05) is 25.3 Å². The van der Waals surface area contributed by atoms with Crippen molar-refractivity contribution < 1.29 is 13.2 Å². The molecule has 1 heterocycles. The van der Waals surface area contributed by atoms with Crippen LogP contribution in [0.2, 0.25) is 0 Å². The average molecular weight is 305 g/mol. The molecular formula is C13H23NO3S2. The Morgan fingerprint density at radius 1 is 1.37 bits per heavy atom. The molecule has 0 aromatic carbocycles. The van der Waals surface area contributed by atoms with Gasteiger partial charge < -0.3 is 4.74 Å². The number of primary sulfonamides is 1. The Hall–Kier alpha value is -0.430. The second-order valence-electron chi connectivity index (χ2n) is 4.90. The predicted molar refractivity (Wildman–Crippen MR) is 79.8 cm³/mol. The van der Waals surface area contributed by atoms with Crippen molar-refractivity contribution in [2.75, 3.05) is 19.0 Å². The van der Waals surface area contributed by atoms with Crippen LogP contribution in [0, 0.1) is 5.41 Å². The maximum Gasteiger partial charge on any atom is 0.209 e. The van der Waals surface area contributed by atoms with E-state index in [1.54, 1.807) is 11.3 Å². The molecule has 0 saturated heterocycles. The van der Waals surface area contributed by atoms with Gasteiger partial charge in [0.15, 0.2) is 0 Å². The highest BCUT2D eigenvalue weighted by atomic mass is 32.2. The van der Waals surface area contributed by atoms with E-state index >= 15 is 0 Å². The van der Waals surface area contributed by atoms with Crippen LogP contribution in [-0.4, -0.2) is 27.4 Å². The van der Waals surface area contributed by atoms with Gasteiger partial charge in [-0.25, -0.2) is 13.6 Å². The van der Waals surface area contributed by atoms with Crippen LogP contribution in [0.15, 0.2) is 17.5 Å². The van der Waals surface area contributed by atoms with Gasteiger partial charge in [0.25, 0.3) is 0 Å². The Morgan fingerprint density at radius 2 is 2.05 bits per heavy atom. The normalized spacial score (nSPS) is 12.8. The summed E-state index contributed by atoms with van der Waals surface area (Å²) in [6.07, 6.45) is 2.37. The fraction of sp³-hybridized carbons (Fsp3) is 0.692. The van der Waals surface area contributed by atoms with Crippen molar-refractivity contribution in [1.29, 1.82) is 0 Å². The van der Waals surface area contributed by atoms with Crippen molar-refractivity contribution in [3.05, 3.63) is 22.4 Å². The second-order valence-corrected chi connectivity index (χ2v) is 7.54. The smallest absolute Gasteiger partial charge is 0.209 e. The quantitative estimate of drug-likeness (QED) is 0.712. The van der Waals surface area contributed by atoms with Crippen LogP contribution in [0.1, 0.15) is 31.6 Å².